The molecule has 0 N–H and O–H groups in total. The van der Waals surface area contributed by atoms with Crippen molar-refractivity contribution in [2.75, 3.05) is 0 Å². The summed E-state index contributed by atoms with van der Waals surface area (Å²) in [5, 5.41) is 0. The number of hydrogen-bond acceptors (Lipinski definition) is 1. The molecule has 0 aliphatic heterocycles. The lowest BCUT2D eigenvalue weighted by atomic mass is 10.2. The predicted molar refractivity (Wildman–Crippen MR) is 45.1 cm³/mol. The zero-order valence-electron chi connectivity index (χ0n) is 7.61. The molecule has 74 valence electrons. The fraction of sp³-hybridized carbons (Fsp3) is 1.00. The van der Waals surface area contributed by atoms with Gasteiger partial charge in [-0.25, -0.2) is 13.2 Å². The van der Waals surface area contributed by atoms with Crippen LogP contribution in [0.4, 0.5) is 13.2 Å². The van der Waals surface area contributed by atoms with Crippen molar-refractivity contribution in [1.29, 1.82) is 0 Å². The second-order valence-electron chi connectivity index (χ2n) is 3.60. The standard InChI is InChI=1S/C7H15F3OSi/c1-7(2,3)11-12-4-5(8)6(9)10/h5-6H,4,12H2,1-3H3. The maximum Gasteiger partial charge on any atom is 0.269 e. The predicted octanol–water partition coefficient (Wildman–Crippen LogP) is 1.91. The Bertz CT molecular complexity index is 124. The third-order valence-electron chi connectivity index (χ3n) is 1.20. The Morgan fingerprint density at radius 2 is 1.75 bits per heavy atom. The summed E-state index contributed by atoms with van der Waals surface area (Å²) in [5.74, 6) is 0. The zero-order valence-corrected chi connectivity index (χ0v) is 9.03. The van der Waals surface area contributed by atoms with Gasteiger partial charge in [0.25, 0.3) is 6.43 Å². The van der Waals surface area contributed by atoms with Gasteiger partial charge in [0.05, 0.1) is 0 Å². The summed E-state index contributed by atoms with van der Waals surface area (Å²) in [4.78, 5) is 0. The molecule has 0 saturated heterocycles. The van der Waals surface area contributed by atoms with E-state index in [1.807, 2.05) is 20.8 Å². The third-order valence-corrected chi connectivity index (χ3v) is 3.06. The molecule has 0 bridgehead atoms. The summed E-state index contributed by atoms with van der Waals surface area (Å²) >= 11 is 0. The van der Waals surface area contributed by atoms with Crippen molar-refractivity contribution in [1.82, 2.24) is 0 Å². The molecule has 0 amide bonds. The third kappa shape index (κ3) is 6.66. The van der Waals surface area contributed by atoms with E-state index in [9.17, 15) is 13.2 Å². The van der Waals surface area contributed by atoms with Gasteiger partial charge in [0.2, 0.25) is 0 Å². The molecule has 0 saturated carbocycles. The van der Waals surface area contributed by atoms with Crippen LogP contribution in [0.15, 0.2) is 0 Å². The quantitative estimate of drug-likeness (QED) is 0.630. The van der Waals surface area contributed by atoms with Gasteiger partial charge in [-0.2, -0.15) is 0 Å². The summed E-state index contributed by atoms with van der Waals surface area (Å²) in [6, 6.07) is -0.102. The number of rotatable bonds is 4. The molecule has 0 rings (SSSR count). The molecule has 5 heteroatoms. The van der Waals surface area contributed by atoms with E-state index in [0.29, 0.717) is 0 Å². The van der Waals surface area contributed by atoms with Gasteiger partial charge in [0.15, 0.2) is 15.9 Å². The van der Waals surface area contributed by atoms with Gasteiger partial charge in [-0.05, 0) is 26.8 Å². The summed E-state index contributed by atoms with van der Waals surface area (Å²) < 4.78 is 40.8. The summed E-state index contributed by atoms with van der Waals surface area (Å²) in [6.07, 6.45) is -4.86. The Morgan fingerprint density at radius 1 is 1.25 bits per heavy atom. The Morgan fingerprint density at radius 3 is 2.08 bits per heavy atom. The Kier molecular flexibility index (Phi) is 4.85. The van der Waals surface area contributed by atoms with Crippen molar-refractivity contribution >= 4 is 9.76 Å². The van der Waals surface area contributed by atoms with Gasteiger partial charge in [-0.3, -0.25) is 0 Å². The van der Waals surface area contributed by atoms with E-state index in [0.717, 1.165) is 0 Å². The van der Waals surface area contributed by atoms with Crippen molar-refractivity contribution in [3.05, 3.63) is 0 Å². The normalized spacial score (nSPS) is 16.2. The topological polar surface area (TPSA) is 9.23 Å². The minimum Gasteiger partial charge on any atom is -0.419 e. The Hall–Kier alpha value is -0.0331. The molecule has 1 atom stereocenters. The summed E-state index contributed by atoms with van der Waals surface area (Å²) in [6.45, 7) is 5.49. The molecule has 0 heterocycles. The molecule has 0 aromatic heterocycles. The van der Waals surface area contributed by atoms with Gasteiger partial charge in [0.1, 0.15) is 0 Å². The lowest BCUT2D eigenvalue weighted by molar-refractivity contribution is 0.0557. The van der Waals surface area contributed by atoms with Gasteiger partial charge in [-0.1, -0.05) is 0 Å². The van der Waals surface area contributed by atoms with Crippen LogP contribution in [0.3, 0.4) is 0 Å². The maximum absolute atomic E-state index is 12.3. The molecule has 12 heavy (non-hydrogen) atoms. The fourth-order valence-corrected chi connectivity index (χ4v) is 1.81. The molecule has 0 fully saturated rings. The zero-order chi connectivity index (χ0) is 9.78. The monoisotopic (exact) mass is 200 g/mol. The van der Waals surface area contributed by atoms with Crippen molar-refractivity contribution in [2.45, 2.75) is 45.0 Å². The van der Waals surface area contributed by atoms with Crippen molar-refractivity contribution in [2.24, 2.45) is 0 Å². The van der Waals surface area contributed by atoms with Crippen molar-refractivity contribution < 1.29 is 17.6 Å². The van der Waals surface area contributed by atoms with E-state index in [-0.39, 0.29) is 11.6 Å². The SMILES string of the molecule is CC(C)(C)O[SiH2]CC(F)C(F)F. The molecule has 0 aliphatic carbocycles. The number of hydrogen-bond donors (Lipinski definition) is 0. The van der Waals surface area contributed by atoms with Crippen LogP contribution in [0.25, 0.3) is 0 Å². The van der Waals surface area contributed by atoms with Gasteiger partial charge >= 0.3 is 0 Å². The van der Waals surface area contributed by atoms with Crippen LogP contribution < -0.4 is 0 Å². The van der Waals surface area contributed by atoms with E-state index < -0.39 is 22.4 Å². The lowest BCUT2D eigenvalue weighted by Crippen LogP contribution is -2.24. The highest BCUT2D eigenvalue weighted by atomic mass is 28.2. The fourth-order valence-electron chi connectivity index (χ4n) is 0.604. The molecule has 0 radical (unpaired) electrons. The van der Waals surface area contributed by atoms with Crippen LogP contribution in [0, 0.1) is 0 Å². The molecule has 0 spiro atoms. The number of halogens is 3. The molecule has 1 nitrogen and oxygen atoms in total. The van der Waals surface area contributed by atoms with Crippen LogP contribution in [0.2, 0.25) is 6.04 Å². The second kappa shape index (κ2) is 4.86. The molecule has 0 aromatic carbocycles. The second-order valence-corrected chi connectivity index (χ2v) is 4.87. The largest absolute Gasteiger partial charge is 0.419 e. The van der Waals surface area contributed by atoms with Gasteiger partial charge < -0.3 is 4.43 Å². The first kappa shape index (κ1) is 12.0. The molecule has 0 aliphatic rings. The lowest BCUT2D eigenvalue weighted by Gasteiger charge is -2.20. The van der Waals surface area contributed by atoms with E-state index in [2.05, 4.69) is 0 Å². The van der Waals surface area contributed by atoms with E-state index in [4.69, 9.17) is 4.43 Å². The molecule has 1 unspecified atom stereocenters. The van der Waals surface area contributed by atoms with Crippen molar-refractivity contribution in [3.63, 3.8) is 0 Å². The highest BCUT2D eigenvalue weighted by molar-refractivity contribution is 6.27. The van der Waals surface area contributed by atoms with Crippen LogP contribution >= 0.6 is 0 Å². The Balaban J connectivity index is 3.44. The van der Waals surface area contributed by atoms with E-state index >= 15 is 0 Å². The summed E-state index contributed by atoms with van der Waals surface area (Å²) in [7, 11) is -1.14. The maximum atomic E-state index is 12.3. The van der Waals surface area contributed by atoms with Gasteiger partial charge in [0, 0.05) is 5.60 Å². The summed E-state index contributed by atoms with van der Waals surface area (Å²) in [5.41, 5.74) is -0.325. The minimum atomic E-state index is -2.86. The first-order valence-electron chi connectivity index (χ1n) is 3.89. The molecular weight excluding hydrogens is 185 g/mol. The van der Waals surface area contributed by atoms with E-state index in [1.54, 1.807) is 0 Å². The molecular formula is C7H15F3OSi. The molecule has 0 aromatic rings. The van der Waals surface area contributed by atoms with Gasteiger partial charge in [-0.15, -0.1) is 0 Å². The van der Waals surface area contributed by atoms with Crippen molar-refractivity contribution in [3.8, 4) is 0 Å². The first-order valence-corrected chi connectivity index (χ1v) is 5.47. The number of alkyl halides is 3. The van der Waals surface area contributed by atoms with Crippen LogP contribution in [0.1, 0.15) is 20.8 Å². The smallest absolute Gasteiger partial charge is 0.269 e. The van der Waals surface area contributed by atoms with Crippen LogP contribution in [-0.2, 0) is 4.43 Å². The highest BCUT2D eigenvalue weighted by Gasteiger charge is 2.20. The highest BCUT2D eigenvalue weighted by Crippen LogP contribution is 2.12. The average Bonchev–Trinajstić information content (AvgIpc) is 1.84. The van der Waals surface area contributed by atoms with Crippen LogP contribution in [0.5, 0.6) is 0 Å². The Labute approximate surface area is 73.2 Å². The minimum absolute atomic E-state index is 0.102. The first-order chi connectivity index (χ1) is 5.33. The van der Waals surface area contributed by atoms with E-state index in [1.165, 1.54) is 0 Å². The van der Waals surface area contributed by atoms with Crippen LogP contribution in [-0.4, -0.2) is 28.0 Å². The average molecular weight is 200 g/mol.